The second kappa shape index (κ2) is 10.5. The lowest BCUT2D eigenvalue weighted by Crippen LogP contribution is -2.37. The van der Waals surface area contributed by atoms with Gasteiger partial charge in [0, 0.05) is 12.6 Å². The van der Waals surface area contributed by atoms with Crippen LogP contribution in [0.15, 0.2) is 24.3 Å². The van der Waals surface area contributed by atoms with Crippen LogP contribution in [0.25, 0.3) is 6.08 Å². The van der Waals surface area contributed by atoms with Crippen molar-refractivity contribution in [2.45, 2.75) is 46.8 Å². The molecular weight excluding hydrogens is 334 g/mol. The third-order valence-electron chi connectivity index (χ3n) is 3.31. The average molecular weight is 363 g/mol. The number of ether oxygens (including phenoxy) is 3. The molecule has 0 unspecified atom stereocenters. The molecule has 0 heterocycles. The maximum Gasteiger partial charge on any atom is 0.331 e. The predicted octanol–water partition coefficient (Wildman–Crippen LogP) is 3.20. The third-order valence-corrected chi connectivity index (χ3v) is 3.31. The van der Waals surface area contributed by atoms with E-state index in [0.29, 0.717) is 24.0 Å². The summed E-state index contributed by atoms with van der Waals surface area (Å²) in [6.07, 6.45) is 2.07. The van der Waals surface area contributed by atoms with Crippen molar-refractivity contribution < 1.29 is 23.8 Å². The number of hydrogen-bond acceptors (Lipinski definition) is 5. The van der Waals surface area contributed by atoms with Gasteiger partial charge in [-0.05, 0) is 50.5 Å². The minimum atomic E-state index is -0.845. The summed E-state index contributed by atoms with van der Waals surface area (Å²) in [5.74, 6) is 0.656. The minimum absolute atomic E-state index is 0.0311. The van der Waals surface area contributed by atoms with Gasteiger partial charge in [-0.1, -0.05) is 19.9 Å². The molecule has 144 valence electrons. The molecule has 0 spiro atoms. The van der Waals surface area contributed by atoms with Gasteiger partial charge in [0.2, 0.25) is 0 Å². The van der Waals surface area contributed by atoms with Crippen molar-refractivity contribution in [2.24, 2.45) is 5.92 Å². The zero-order valence-electron chi connectivity index (χ0n) is 16.4. The Morgan fingerprint density at radius 1 is 1.12 bits per heavy atom. The molecule has 1 aromatic rings. The number of amides is 1. The highest BCUT2D eigenvalue weighted by Gasteiger charge is 2.16. The Labute approximate surface area is 155 Å². The van der Waals surface area contributed by atoms with Gasteiger partial charge in [0.15, 0.2) is 17.6 Å². The Balaban J connectivity index is 2.66. The lowest BCUT2D eigenvalue weighted by atomic mass is 10.2. The SMILES string of the molecule is COc1cc(/C=C/C(=O)O[C@@H](C)C(=O)NCC(C)C)ccc1OC(C)C. The summed E-state index contributed by atoms with van der Waals surface area (Å²) in [4.78, 5) is 23.7. The molecule has 0 aromatic heterocycles. The van der Waals surface area contributed by atoms with Gasteiger partial charge in [0.1, 0.15) is 0 Å². The fraction of sp³-hybridized carbons (Fsp3) is 0.500. The molecule has 0 radical (unpaired) electrons. The summed E-state index contributed by atoms with van der Waals surface area (Å²) < 4.78 is 16.1. The van der Waals surface area contributed by atoms with Crippen LogP contribution in [0.2, 0.25) is 0 Å². The molecule has 6 nitrogen and oxygen atoms in total. The van der Waals surface area contributed by atoms with Gasteiger partial charge in [-0.2, -0.15) is 0 Å². The normalized spacial score (nSPS) is 12.3. The smallest absolute Gasteiger partial charge is 0.331 e. The summed E-state index contributed by atoms with van der Waals surface area (Å²) >= 11 is 0. The first-order chi connectivity index (χ1) is 12.2. The number of benzene rings is 1. The molecule has 26 heavy (non-hydrogen) atoms. The molecule has 6 heteroatoms. The molecule has 1 N–H and O–H groups in total. The molecule has 0 fully saturated rings. The lowest BCUT2D eigenvalue weighted by molar-refractivity contribution is -0.150. The molecule has 0 aliphatic heterocycles. The van der Waals surface area contributed by atoms with Gasteiger partial charge in [-0.25, -0.2) is 4.79 Å². The van der Waals surface area contributed by atoms with Crippen molar-refractivity contribution in [2.75, 3.05) is 13.7 Å². The highest BCUT2D eigenvalue weighted by Crippen LogP contribution is 2.29. The highest BCUT2D eigenvalue weighted by atomic mass is 16.5. The van der Waals surface area contributed by atoms with Crippen LogP contribution in [-0.2, 0) is 14.3 Å². The summed E-state index contributed by atoms with van der Waals surface area (Å²) in [6.45, 7) is 9.93. The van der Waals surface area contributed by atoms with Gasteiger partial charge in [-0.15, -0.1) is 0 Å². The van der Waals surface area contributed by atoms with Crippen LogP contribution in [0, 0.1) is 5.92 Å². The van der Waals surface area contributed by atoms with Crippen LogP contribution >= 0.6 is 0 Å². The van der Waals surface area contributed by atoms with E-state index < -0.39 is 12.1 Å². The first-order valence-corrected chi connectivity index (χ1v) is 8.74. The fourth-order valence-corrected chi connectivity index (χ4v) is 2.02. The number of rotatable bonds is 9. The average Bonchev–Trinajstić information content (AvgIpc) is 2.58. The number of hydrogen-bond donors (Lipinski definition) is 1. The van der Waals surface area contributed by atoms with Crippen molar-refractivity contribution >= 4 is 18.0 Å². The van der Waals surface area contributed by atoms with E-state index in [1.165, 1.54) is 6.08 Å². The Kier molecular flexibility index (Phi) is 8.68. The molecule has 1 aromatic carbocycles. The van der Waals surface area contributed by atoms with Crippen molar-refractivity contribution in [1.29, 1.82) is 0 Å². The summed E-state index contributed by atoms with van der Waals surface area (Å²) in [5, 5.41) is 2.73. The van der Waals surface area contributed by atoms with E-state index in [2.05, 4.69) is 5.32 Å². The van der Waals surface area contributed by atoms with Crippen molar-refractivity contribution in [1.82, 2.24) is 5.32 Å². The van der Waals surface area contributed by atoms with Gasteiger partial charge < -0.3 is 19.5 Å². The van der Waals surface area contributed by atoms with Crippen molar-refractivity contribution in [3.05, 3.63) is 29.8 Å². The van der Waals surface area contributed by atoms with Gasteiger partial charge in [0.05, 0.1) is 13.2 Å². The molecule has 0 aliphatic rings. The quantitative estimate of drug-likeness (QED) is 0.539. The predicted molar refractivity (Wildman–Crippen MR) is 101 cm³/mol. The summed E-state index contributed by atoms with van der Waals surface area (Å²) in [6, 6.07) is 5.36. The first-order valence-electron chi connectivity index (χ1n) is 8.74. The Morgan fingerprint density at radius 3 is 2.38 bits per heavy atom. The van der Waals surface area contributed by atoms with Crippen LogP contribution < -0.4 is 14.8 Å². The number of methoxy groups -OCH3 is 1. The second-order valence-electron chi connectivity index (χ2n) is 6.63. The Morgan fingerprint density at radius 2 is 1.81 bits per heavy atom. The fourth-order valence-electron chi connectivity index (χ4n) is 2.02. The molecule has 0 aliphatic carbocycles. The highest BCUT2D eigenvalue weighted by molar-refractivity contribution is 5.90. The summed E-state index contributed by atoms with van der Waals surface area (Å²) in [5.41, 5.74) is 0.756. The molecule has 0 saturated carbocycles. The third kappa shape index (κ3) is 7.59. The first kappa shape index (κ1) is 21.5. The number of carbonyl (C=O) groups is 2. The molecule has 0 bridgehead atoms. The lowest BCUT2D eigenvalue weighted by Gasteiger charge is -2.14. The molecule has 0 saturated heterocycles. The number of nitrogens with one attached hydrogen (secondary N) is 1. The van der Waals surface area contributed by atoms with E-state index in [1.807, 2.05) is 33.8 Å². The molecule has 1 atom stereocenters. The monoisotopic (exact) mass is 363 g/mol. The van der Waals surface area contributed by atoms with Crippen LogP contribution in [0.5, 0.6) is 11.5 Å². The van der Waals surface area contributed by atoms with E-state index in [-0.39, 0.29) is 12.0 Å². The van der Waals surface area contributed by atoms with E-state index in [4.69, 9.17) is 14.2 Å². The van der Waals surface area contributed by atoms with Crippen LogP contribution in [0.4, 0.5) is 0 Å². The maximum atomic E-state index is 11.9. The van der Waals surface area contributed by atoms with Crippen LogP contribution in [-0.4, -0.2) is 37.7 Å². The number of carbonyl (C=O) groups excluding carboxylic acids is 2. The topological polar surface area (TPSA) is 73.9 Å². The van der Waals surface area contributed by atoms with Gasteiger partial charge >= 0.3 is 5.97 Å². The van der Waals surface area contributed by atoms with Crippen molar-refractivity contribution in [3.8, 4) is 11.5 Å². The van der Waals surface area contributed by atoms with Gasteiger partial charge in [-0.3, -0.25) is 4.79 Å². The molecule has 1 amide bonds. The summed E-state index contributed by atoms with van der Waals surface area (Å²) in [7, 11) is 1.56. The maximum absolute atomic E-state index is 11.9. The Hall–Kier alpha value is -2.50. The van der Waals surface area contributed by atoms with Crippen LogP contribution in [0.1, 0.15) is 40.2 Å². The van der Waals surface area contributed by atoms with E-state index in [9.17, 15) is 9.59 Å². The van der Waals surface area contributed by atoms with Crippen molar-refractivity contribution in [3.63, 3.8) is 0 Å². The number of esters is 1. The molecular formula is C20H29NO5. The van der Waals surface area contributed by atoms with E-state index in [1.54, 1.807) is 32.2 Å². The standard InChI is InChI=1S/C20H29NO5/c1-13(2)12-21-20(23)15(5)26-19(22)10-8-16-7-9-17(25-14(3)4)18(11-16)24-6/h7-11,13-15H,12H2,1-6H3,(H,21,23)/b10-8+/t15-/m0/s1. The molecule has 1 rings (SSSR count). The largest absolute Gasteiger partial charge is 0.493 e. The van der Waals surface area contributed by atoms with E-state index in [0.717, 1.165) is 5.56 Å². The Bertz CT molecular complexity index is 637. The van der Waals surface area contributed by atoms with Gasteiger partial charge in [0.25, 0.3) is 5.91 Å². The van der Waals surface area contributed by atoms with Crippen LogP contribution in [0.3, 0.4) is 0 Å². The second-order valence-corrected chi connectivity index (χ2v) is 6.63. The zero-order valence-corrected chi connectivity index (χ0v) is 16.4. The zero-order chi connectivity index (χ0) is 19.7. The minimum Gasteiger partial charge on any atom is -0.493 e. The van der Waals surface area contributed by atoms with E-state index >= 15 is 0 Å².